The molecule has 0 saturated heterocycles. The van der Waals surface area contributed by atoms with E-state index in [1.165, 1.54) is 37.7 Å². The van der Waals surface area contributed by atoms with Crippen molar-refractivity contribution in [2.24, 2.45) is 46.3 Å². The van der Waals surface area contributed by atoms with Gasteiger partial charge in [0.1, 0.15) is 0 Å². The van der Waals surface area contributed by atoms with Gasteiger partial charge in [0.05, 0.1) is 6.10 Å². The summed E-state index contributed by atoms with van der Waals surface area (Å²) in [7, 11) is 0. The molecule has 29 heavy (non-hydrogen) atoms. The summed E-state index contributed by atoms with van der Waals surface area (Å²) in [5, 5.41) is 10.2. The molecule has 4 aliphatic rings. The molecule has 1 N–H and O–H groups in total. The standard InChI is InChI=1S/C28H44O/c1-18(2)19(3)7-8-20(4)24-11-12-25-23-10-9-21-17-22(29)13-15-27(21,5)26(23)14-16-28(24,25)6/h7-10,18-20,22,24-26,29H,11-17H2,1-6H3/b8-7+/t19-,20+,22-,24+,25-,26-,27+,28+/m0/s1. The molecule has 0 aromatic heterocycles. The van der Waals surface area contributed by atoms with Crippen molar-refractivity contribution in [2.75, 3.05) is 0 Å². The van der Waals surface area contributed by atoms with E-state index in [4.69, 9.17) is 0 Å². The van der Waals surface area contributed by atoms with Crippen LogP contribution in [-0.2, 0) is 0 Å². The molecule has 0 aliphatic heterocycles. The Balaban J connectivity index is 1.57. The summed E-state index contributed by atoms with van der Waals surface area (Å²) in [6.45, 7) is 14.6. The second-order valence-electron chi connectivity index (χ2n) is 11.9. The van der Waals surface area contributed by atoms with Crippen LogP contribution in [0.5, 0.6) is 0 Å². The molecule has 3 saturated carbocycles. The minimum atomic E-state index is -0.116. The highest BCUT2D eigenvalue weighted by atomic mass is 16.3. The molecule has 1 nitrogen and oxygen atoms in total. The topological polar surface area (TPSA) is 20.2 Å². The lowest BCUT2D eigenvalue weighted by molar-refractivity contribution is 0.0382. The molecule has 0 amide bonds. The summed E-state index contributed by atoms with van der Waals surface area (Å²) in [6.07, 6.45) is 18.4. The molecule has 0 aromatic rings. The highest BCUT2D eigenvalue weighted by Crippen LogP contribution is 2.65. The summed E-state index contributed by atoms with van der Waals surface area (Å²) in [6, 6.07) is 0. The molecule has 4 rings (SSSR count). The smallest absolute Gasteiger partial charge is 0.0578 e. The first kappa shape index (κ1) is 21.4. The molecule has 0 heterocycles. The van der Waals surface area contributed by atoms with Crippen molar-refractivity contribution in [3.8, 4) is 0 Å². The van der Waals surface area contributed by atoms with Crippen LogP contribution in [0.15, 0.2) is 35.5 Å². The highest BCUT2D eigenvalue weighted by Gasteiger charge is 2.56. The van der Waals surface area contributed by atoms with E-state index in [0.717, 1.165) is 36.5 Å². The second-order valence-corrected chi connectivity index (χ2v) is 11.9. The summed E-state index contributed by atoms with van der Waals surface area (Å²) >= 11 is 0. The van der Waals surface area contributed by atoms with Crippen LogP contribution in [0.2, 0.25) is 0 Å². The maximum Gasteiger partial charge on any atom is 0.0578 e. The second kappa shape index (κ2) is 7.70. The third-order valence-electron chi connectivity index (χ3n) is 10.0. The van der Waals surface area contributed by atoms with Gasteiger partial charge in [0.2, 0.25) is 0 Å². The Morgan fingerprint density at radius 3 is 2.41 bits per heavy atom. The van der Waals surface area contributed by atoms with Crippen LogP contribution >= 0.6 is 0 Å². The van der Waals surface area contributed by atoms with Crippen molar-refractivity contribution in [2.45, 2.75) is 92.6 Å². The molecule has 0 unspecified atom stereocenters. The van der Waals surface area contributed by atoms with Crippen molar-refractivity contribution in [1.82, 2.24) is 0 Å². The van der Waals surface area contributed by atoms with Crippen LogP contribution in [0.3, 0.4) is 0 Å². The minimum absolute atomic E-state index is 0.116. The average Bonchev–Trinajstić information content (AvgIpc) is 3.03. The summed E-state index contributed by atoms with van der Waals surface area (Å²) in [5.41, 5.74) is 4.07. The highest BCUT2D eigenvalue weighted by molar-refractivity contribution is 5.39. The van der Waals surface area contributed by atoms with Crippen molar-refractivity contribution >= 4 is 0 Å². The van der Waals surface area contributed by atoms with Crippen molar-refractivity contribution < 1.29 is 5.11 Å². The van der Waals surface area contributed by atoms with Gasteiger partial charge in [-0.1, -0.05) is 77.0 Å². The first-order valence-corrected chi connectivity index (χ1v) is 12.4. The van der Waals surface area contributed by atoms with E-state index in [9.17, 15) is 5.11 Å². The zero-order chi connectivity index (χ0) is 21.0. The van der Waals surface area contributed by atoms with E-state index in [0.29, 0.717) is 22.7 Å². The molecule has 0 radical (unpaired) electrons. The zero-order valence-corrected chi connectivity index (χ0v) is 19.7. The Hall–Kier alpha value is -0.820. The lowest BCUT2D eigenvalue weighted by atomic mass is 9.50. The number of allylic oxidation sites excluding steroid dienone is 5. The Morgan fingerprint density at radius 2 is 1.69 bits per heavy atom. The molecule has 162 valence electrons. The molecule has 0 spiro atoms. The van der Waals surface area contributed by atoms with Crippen LogP contribution in [-0.4, -0.2) is 11.2 Å². The zero-order valence-electron chi connectivity index (χ0n) is 19.7. The van der Waals surface area contributed by atoms with Crippen LogP contribution in [0.25, 0.3) is 0 Å². The van der Waals surface area contributed by atoms with Gasteiger partial charge in [-0.05, 0) is 91.3 Å². The molecule has 0 bridgehead atoms. The third kappa shape index (κ3) is 3.50. The first-order chi connectivity index (χ1) is 13.7. The van der Waals surface area contributed by atoms with E-state index in [-0.39, 0.29) is 6.10 Å². The van der Waals surface area contributed by atoms with Crippen molar-refractivity contribution in [1.29, 1.82) is 0 Å². The predicted molar refractivity (Wildman–Crippen MR) is 123 cm³/mol. The van der Waals surface area contributed by atoms with E-state index >= 15 is 0 Å². The Kier molecular flexibility index (Phi) is 5.69. The monoisotopic (exact) mass is 396 g/mol. The lowest BCUT2D eigenvalue weighted by Crippen LogP contribution is -2.46. The average molecular weight is 397 g/mol. The van der Waals surface area contributed by atoms with Gasteiger partial charge in [0.25, 0.3) is 0 Å². The fourth-order valence-corrected chi connectivity index (χ4v) is 7.59. The van der Waals surface area contributed by atoms with Gasteiger partial charge in [-0.2, -0.15) is 0 Å². The Morgan fingerprint density at radius 1 is 0.931 bits per heavy atom. The number of hydrogen-bond acceptors (Lipinski definition) is 1. The Bertz CT molecular complexity index is 712. The van der Waals surface area contributed by atoms with Crippen LogP contribution < -0.4 is 0 Å². The van der Waals surface area contributed by atoms with Crippen LogP contribution in [0, 0.1) is 46.3 Å². The van der Waals surface area contributed by atoms with E-state index in [2.05, 4.69) is 65.8 Å². The normalized spacial score (nSPS) is 44.0. The molecule has 0 aromatic carbocycles. The van der Waals surface area contributed by atoms with Crippen LogP contribution in [0.1, 0.15) is 86.5 Å². The SMILES string of the molecule is CC(C)[C@@H](C)/C=C/[C@@H](C)[C@H]1CC[C@H]2C3=CC=C4C[C@@H](O)CC[C@@]4(C)[C@H]3CC[C@]12C. The maximum absolute atomic E-state index is 10.2. The van der Waals surface area contributed by atoms with Crippen molar-refractivity contribution in [3.05, 3.63) is 35.5 Å². The summed E-state index contributed by atoms with van der Waals surface area (Å²) in [5.74, 6) is 4.38. The largest absolute Gasteiger partial charge is 0.393 e. The molecule has 4 aliphatic carbocycles. The molecule has 8 atom stereocenters. The number of fused-ring (bicyclic) bond motifs is 5. The van der Waals surface area contributed by atoms with Crippen LogP contribution in [0.4, 0.5) is 0 Å². The van der Waals surface area contributed by atoms with Gasteiger partial charge in [0, 0.05) is 0 Å². The van der Waals surface area contributed by atoms with Gasteiger partial charge in [-0.15, -0.1) is 0 Å². The van der Waals surface area contributed by atoms with Gasteiger partial charge in [0.15, 0.2) is 0 Å². The number of aliphatic hydroxyl groups excluding tert-OH is 1. The third-order valence-corrected chi connectivity index (χ3v) is 10.0. The van der Waals surface area contributed by atoms with Gasteiger partial charge >= 0.3 is 0 Å². The van der Waals surface area contributed by atoms with Crippen molar-refractivity contribution in [3.63, 3.8) is 0 Å². The van der Waals surface area contributed by atoms with E-state index in [1.807, 2.05) is 0 Å². The fraction of sp³-hybridized carbons (Fsp3) is 0.786. The first-order valence-electron chi connectivity index (χ1n) is 12.4. The number of aliphatic hydroxyl groups is 1. The van der Waals surface area contributed by atoms with E-state index < -0.39 is 0 Å². The molecule has 3 fully saturated rings. The quantitative estimate of drug-likeness (QED) is 0.493. The van der Waals surface area contributed by atoms with Gasteiger partial charge in [-0.25, -0.2) is 0 Å². The summed E-state index contributed by atoms with van der Waals surface area (Å²) < 4.78 is 0. The van der Waals surface area contributed by atoms with Gasteiger partial charge in [-0.3, -0.25) is 0 Å². The van der Waals surface area contributed by atoms with E-state index in [1.54, 1.807) is 5.57 Å². The fourth-order valence-electron chi connectivity index (χ4n) is 7.59. The molecular weight excluding hydrogens is 352 g/mol. The maximum atomic E-state index is 10.2. The minimum Gasteiger partial charge on any atom is -0.393 e. The molecular formula is C28H44O. The molecule has 1 heteroatoms. The lowest BCUT2D eigenvalue weighted by Gasteiger charge is -2.55. The summed E-state index contributed by atoms with van der Waals surface area (Å²) in [4.78, 5) is 0. The number of rotatable bonds is 4. The van der Waals surface area contributed by atoms with Gasteiger partial charge < -0.3 is 5.11 Å². The Labute approximate surface area is 179 Å². The number of hydrogen-bond donors (Lipinski definition) is 1. The predicted octanol–water partition coefficient (Wildman–Crippen LogP) is 7.33.